The molecule has 0 aromatic heterocycles. The Kier molecular flexibility index (Phi) is 12.2. The Morgan fingerprint density at radius 2 is 1.12 bits per heavy atom. The number of halogens is 2. The maximum Gasteiger partial charge on any atom is -1.00 e. The van der Waals surface area contributed by atoms with Crippen molar-refractivity contribution in [3.63, 3.8) is 0 Å². The Morgan fingerprint density at radius 1 is 0.720 bits per heavy atom. The number of allylic oxidation sites excluding steroid dienone is 8. The van der Waals surface area contributed by atoms with Crippen molar-refractivity contribution in [1.82, 2.24) is 0 Å². The van der Waals surface area contributed by atoms with E-state index in [1.54, 1.807) is 11.1 Å². The minimum Gasteiger partial charge on any atom is -1.00 e. The molecule has 0 saturated carbocycles. The molecule has 25 heavy (non-hydrogen) atoms. The molecular weight excluding hydrogens is 426 g/mol. The summed E-state index contributed by atoms with van der Waals surface area (Å²) in [6.45, 7) is 9.38. The topological polar surface area (TPSA) is 0 Å². The summed E-state index contributed by atoms with van der Waals surface area (Å²) in [5, 5.41) is 0. The summed E-state index contributed by atoms with van der Waals surface area (Å²) in [7, 11) is 0. The van der Waals surface area contributed by atoms with Gasteiger partial charge in [0.2, 0.25) is 0 Å². The molecule has 0 aliphatic heterocycles. The second-order valence-electron chi connectivity index (χ2n) is 7.23. The van der Waals surface area contributed by atoms with Crippen LogP contribution in [0.15, 0.2) is 47.6 Å². The normalized spacial score (nSPS) is 26.6. The Bertz CT molecular complexity index is 472. The van der Waals surface area contributed by atoms with Crippen molar-refractivity contribution in [1.29, 1.82) is 0 Å². The van der Waals surface area contributed by atoms with Gasteiger partial charge in [-0.1, -0.05) is 0 Å². The van der Waals surface area contributed by atoms with E-state index in [0.717, 1.165) is 0 Å². The maximum absolute atomic E-state index is 2.66. The zero-order chi connectivity index (χ0) is 16.8. The molecular formula is C22H34Cl2Zr. The van der Waals surface area contributed by atoms with Gasteiger partial charge in [0.05, 0.1) is 0 Å². The average Bonchev–Trinajstić information content (AvgIpc) is 3.17. The molecule has 0 spiro atoms. The third kappa shape index (κ3) is 6.82. The Labute approximate surface area is 180 Å². The molecule has 140 valence electrons. The molecule has 3 heteroatoms. The van der Waals surface area contributed by atoms with Gasteiger partial charge in [-0.25, -0.2) is 0 Å². The van der Waals surface area contributed by atoms with Crippen LogP contribution in [0, 0.1) is 0 Å². The van der Waals surface area contributed by atoms with Gasteiger partial charge in [0, 0.05) is 0 Å². The van der Waals surface area contributed by atoms with Crippen molar-refractivity contribution in [3.05, 3.63) is 47.6 Å². The first kappa shape index (κ1) is 25.4. The molecule has 0 fully saturated rings. The van der Waals surface area contributed by atoms with Gasteiger partial charge in [-0.15, -0.1) is 0 Å². The number of unbranched alkanes of at least 4 members (excludes halogenated alkanes) is 2. The molecule has 0 heterocycles. The summed E-state index contributed by atoms with van der Waals surface area (Å²) in [4.78, 5) is 0. The van der Waals surface area contributed by atoms with E-state index >= 15 is 0 Å². The number of rotatable bonds is 10. The summed E-state index contributed by atoms with van der Waals surface area (Å²) in [5.74, 6) is 0. The monoisotopic (exact) mass is 458 g/mol. The Morgan fingerprint density at radius 3 is 1.44 bits per heavy atom. The SMILES string of the molecule is CCCCC1=C[C](CC)([Zr+2][C]2(CC)C=CC(CCCC)=C2)C=C1.[Cl-].[Cl-]. The largest absolute Gasteiger partial charge is 1.00 e. The Balaban J connectivity index is 0.00000288. The van der Waals surface area contributed by atoms with Crippen LogP contribution in [0.1, 0.15) is 79.1 Å². The molecule has 2 atom stereocenters. The third-order valence-corrected chi connectivity index (χ3v) is 10.9. The molecule has 2 rings (SSSR count). The fraction of sp³-hybridized carbons (Fsp3) is 0.636. The van der Waals surface area contributed by atoms with Gasteiger partial charge in [0.25, 0.3) is 0 Å². The fourth-order valence-electron chi connectivity index (χ4n) is 3.64. The average molecular weight is 461 g/mol. The van der Waals surface area contributed by atoms with E-state index in [1.807, 2.05) is 0 Å². The molecule has 2 aliphatic rings. The van der Waals surface area contributed by atoms with Gasteiger partial charge < -0.3 is 24.8 Å². The molecule has 0 saturated heterocycles. The van der Waals surface area contributed by atoms with Crippen molar-refractivity contribution in [2.45, 2.75) is 85.3 Å². The van der Waals surface area contributed by atoms with Crippen LogP contribution < -0.4 is 24.8 Å². The summed E-state index contributed by atoms with van der Waals surface area (Å²) in [6.07, 6.45) is 25.8. The van der Waals surface area contributed by atoms with Gasteiger partial charge in [-0.2, -0.15) is 0 Å². The summed E-state index contributed by atoms with van der Waals surface area (Å²) in [5.41, 5.74) is 3.22. The van der Waals surface area contributed by atoms with Crippen molar-refractivity contribution in [2.75, 3.05) is 0 Å². The predicted molar refractivity (Wildman–Crippen MR) is 99.5 cm³/mol. The van der Waals surface area contributed by atoms with Crippen molar-refractivity contribution >= 4 is 0 Å². The van der Waals surface area contributed by atoms with Crippen LogP contribution in [-0.2, 0) is 23.2 Å². The third-order valence-electron chi connectivity index (χ3n) is 5.35. The predicted octanol–water partition coefficient (Wildman–Crippen LogP) is 1.59. The van der Waals surface area contributed by atoms with E-state index in [-0.39, 0.29) is 24.8 Å². The van der Waals surface area contributed by atoms with Gasteiger partial charge in [-0.3, -0.25) is 0 Å². The summed E-state index contributed by atoms with van der Waals surface area (Å²) < 4.78 is 0.896. The molecule has 0 aromatic rings. The van der Waals surface area contributed by atoms with Crippen molar-refractivity contribution in [3.8, 4) is 0 Å². The van der Waals surface area contributed by atoms with Crippen LogP contribution in [0.3, 0.4) is 0 Å². The fourth-order valence-corrected chi connectivity index (χ4v) is 8.73. The van der Waals surface area contributed by atoms with Gasteiger partial charge in [0.1, 0.15) is 0 Å². The van der Waals surface area contributed by atoms with Crippen LogP contribution in [0.2, 0.25) is 6.25 Å². The zero-order valence-electron chi connectivity index (χ0n) is 16.4. The van der Waals surface area contributed by atoms with Crippen LogP contribution in [0.4, 0.5) is 0 Å². The summed E-state index contributed by atoms with van der Waals surface area (Å²) in [6, 6.07) is 0. The first-order valence-electron chi connectivity index (χ1n) is 9.72. The van der Waals surface area contributed by atoms with Gasteiger partial charge >= 0.3 is 156 Å². The number of hydrogen-bond acceptors (Lipinski definition) is 0. The molecule has 2 aliphatic carbocycles. The molecule has 0 nitrogen and oxygen atoms in total. The van der Waals surface area contributed by atoms with Crippen LogP contribution in [0.5, 0.6) is 0 Å². The first-order chi connectivity index (χ1) is 11.1. The zero-order valence-corrected chi connectivity index (χ0v) is 20.3. The second kappa shape index (κ2) is 12.0. The molecule has 0 amide bonds. The van der Waals surface area contributed by atoms with Crippen molar-refractivity contribution < 1.29 is 48.0 Å². The second-order valence-corrected chi connectivity index (χ2v) is 12.4. The Hall–Kier alpha value is 0.423. The van der Waals surface area contributed by atoms with E-state index in [9.17, 15) is 0 Å². The standard InChI is InChI=1S/2C11H17.2ClH.Zr/c2*1-3-5-6-11-8-7-10(4-2)9-11;;;/h2*7-9H,3-6H2,1-2H3;2*1H;/q;;;;+2/p-2. The van der Waals surface area contributed by atoms with E-state index in [2.05, 4.69) is 64.2 Å². The minimum absolute atomic E-state index is 0. The van der Waals surface area contributed by atoms with E-state index < -0.39 is 23.2 Å². The van der Waals surface area contributed by atoms with E-state index in [1.165, 1.54) is 51.4 Å². The molecule has 0 bridgehead atoms. The molecule has 0 N–H and O–H groups in total. The minimum atomic E-state index is -0.628. The molecule has 2 unspecified atom stereocenters. The van der Waals surface area contributed by atoms with Crippen LogP contribution >= 0.6 is 0 Å². The van der Waals surface area contributed by atoms with Gasteiger partial charge in [0.15, 0.2) is 0 Å². The van der Waals surface area contributed by atoms with Crippen molar-refractivity contribution in [2.24, 2.45) is 0 Å². The number of hydrogen-bond donors (Lipinski definition) is 0. The van der Waals surface area contributed by atoms with Gasteiger partial charge in [-0.05, 0) is 0 Å². The van der Waals surface area contributed by atoms with Crippen LogP contribution in [-0.4, -0.2) is 0 Å². The first-order valence-corrected chi connectivity index (χ1v) is 12.2. The quantitative estimate of drug-likeness (QED) is 0.465. The molecule has 0 aromatic carbocycles. The van der Waals surface area contributed by atoms with E-state index in [0.29, 0.717) is 6.25 Å². The maximum atomic E-state index is 2.66. The van der Waals surface area contributed by atoms with E-state index in [4.69, 9.17) is 0 Å². The van der Waals surface area contributed by atoms with Crippen LogP contribution in [0.25, 0.3) is 0 Å². The smallest absolute Gasteiger partial charge is 1.00 e. The summed E-state index contributed by atoms with van der Waals surface area (Å²) >= 11 is -0.628. The molecule has 0 radical (unpaired) electrons.